The van der Waals surface area contributed by atoms with E-state index in [2.05, 4.69) is 31.2 Å². The van der Waals surface area contributed by atoms with Crippen LogP contribution < -0.4 is 14.2 Å². The number of aryl methyl sites for hydroxylation is 3. The van der Waals surface area contributed by atoms with E-state index in [1.807, 2.05) is 18.2 Å². The minimum Gasteiger partial charge on any atom is -0.494 e. The average molecular weight is 521 g/mol. The minimum atomic E-state index is -2.98. The van der Waals surface area contributed by atoms with Crippen LogP contribution >= 0.6 is 0 Å². The van der Waals surface area contributed by atoms with Crippen LogP contribution in [0, 0.1) is 12.8 Å². The summed E-state index contributed by atoms with van der Waals surface area (Å²) in [5, 5.41) is 0. The number of ether oxygens (including phenoxy) is 3. The van der Waals surface area contributed by atoms with Crippen molar-refractivity contribution in [3.05, 3.63) is 76.9 Å². The quantitative estimate of drug-likeness (QED) is 0.200. The molecule has 0 aliphatic heterocycles. The van der Waals surface area contributed by atoms with Crippen LogP contribution in [0.2, 0.25) is 0 Å². The van der Waals surface area contributed by atoms with Crippen molar-refractivity contribution in [2.45, 2.75) is 45.6 Å². The Morgan fingerprint density at radius 1 is 0.919 bits per heavy atom. The molecule has 37 heavy (non-hydrogen) atoms. The predicted molar refractivity (Wildman–Crippen MR) is 143 cm³/mol. The highest BCUT2D eigenvalue weighted by Crippen LogP contribution is 2.39. The molecule has 0 aromatic heterocycles. The van der Waals surface area contributed by atoms with E-state index in [0.29, 0.717) is 31.1 Å². The van der Waals surface area contributed by atoms with Gasteiger partial charge < -0.3 is 14.2 Å². The number of hydrogen-bond acceptors (Lipinski definition) is 6. The number of carbonyl (C=O) groups excluding carboxylic acids is 1. The van der Waals surface area contributed by atoms with Gasteiger partial charge in [0.25, 0.3) is 0 Å². The van der Waals surface area contributed by atoms with Crippen molar-refractivity contribution in [2.75, 3.05) is 18.6 Å². The van der Waals surface area contributed by atoms with Crippen LogP contribution in [0.4, 0.5) is 0 Å². The zero-order valence-electron chi connectivity index (χ0n) is 21.3. The molecule has 0 bridgehead atoms. The van der Waals surface area contributed by atoms with Crippen LogP contribution in [0.3, 0.4) is 0 Å². The van der Waals surface area contributed by atoms with E-state index in [9.17, 15) is 13.2 Å². The normalized spacial score (nSPS) is 14.4. The van der Waals surface area contributed by atoms with E-state index in [1.54, 1.807) is 12.1 Å². The second-order valence-electron chi connectivity index (χ2n) is 10.1. The first kappa shape index (κ1) is 25.3. The number of esters is 1. The van der Waals surface area contributed by atoms with Crippen molar-refractivity contribution in [1.29, 1.82) is 0 Å². The van der Waals surface area contributed by atoms with Gasteiger partial charge in [-0.1, -0.05) is 18.2 Å². The molecular weight excluding hydrogens is 488 g/mol. The molecule has 0 amide bonds. The van der Waals surface area contributed by atoms with Crippen molar-refractivity contribution in [1.82, 2.24) is 0 Å². The number of benzene rings is 3. The second kappa shape index (κ2) is 10.6. The molecule has 1 saturated carbocycles. The summed E-state index contributed by atoms with van der Waals surface area (Å²) in [6, 6.07) is 17.8. The molecule has 0 N–H and O–H groups in total. The molecule has 0 saturated heterocycles. The minimum absolute atomic E-state index is 0.0499. The molecule has 5 rings (SSSR count). The molecule has 1 fully saturated rings. The first-order valence-electron chi connectivity index (χ1n) is 12.8. The van der Waals surface area contributed by atoms with E-state index in [-0.39, 0.29) is 17.6 Å². The Morgan fingerprint density at radius 2 is 1.70 bits per heavy atom. The lowest BCUT2D eigenvalue weighted by atomic mass is 9.82. The van der Waals surface area contributed by atoms with Gasteiger partial charge in [-0.2, -0.15) is 0 Å². The van der Waals surface area contributed by atoms with Gasteiger partial charge in [0.1, 0.15) is 33.7 Å². The zero-order valence-corrected chi connectivity index (χ0v) is 22.1. The molecule has 0 atom stereocenters. The third-order valence-electron chi connectivity index (χ3n) is 6.77. The Labute approximate surface area is 218 Å². The number of fused-ring (bicyclic) bond motifs is 3. The highest BCUT2D eigenvalue weighted by Gasteiger charge is 2.31. The van der Waals surface area contributed by atoms with Gasteiger partial charge in [-0.25, -0.2) is 8.42 Å². The molecule has 2 aliphatic rings. The van der Waals surface area contributed by atoms with Crippen molar-refractivity contribution in [3.8, 4) is 28.4 Å². The molecule has 3 aromatic carbocycles. The molecule has 7 heteroatoms. The largest absolute Gasteiger partial charge is 0.494 e. The Kier molecular flexibility index (Phi) is 7.24. The van der Waals surface area contributed by atoms with Crippen LogP contribution in [0.1, 0.15) is 41.5 Å². The first-order valence-corrected chi connectivity index (χ1v) is 14.8. The van der Waals surface area contributed by atoms with Crippen LogP contribution in [0.15, 0.2) is 54.6 Å². The number of rotatable bonds is 10. The van der Waals surface area contributed by atoms with E-state index in [0.717, 1.165) is 42.6 Å². The van der Waals surface area contributed by atoms with Gasteiger partial charge in [-0.15, -0.1) is 0 Å². The average Bonchev–Trinajstić information content (AvgIpc) is 3.70. The van der Waals surface area contributed by atoms with Crippen LogP contribution in [-0.4, -0.2) is 33.0 Å². The van der Waals surface area contributed by atoms with Gasteiger partial charge in [-0.05, 0) is 103 Å². The van der Waals surface area contributed by atoms with Crippen molar-refractivity contribution < 1.29 is 27.4 Å². The zero-order chi connectivity index (χ0) is 26.0. The highest BCUT2D eigenvalue weighted by molar-refractivity contribution is 7.90. The van der Waals surface area contributed by atoms with Gasteiger partial charge in [0.2, 0.25) is 0 Å². The molecule has 2 aliphatic carbocycles. The van der Waals surface area contributed by atoms with Crippen LogP contribution in [0.25, 0.3) is 11.1 Å². The lowest BCUT2D eigenvalue weighted by Gasteiger charge is -2.24. The molecule has 0 spiro atoms. The molecule has 6 nitrogen and oxygen atoms in total. The SMILES string of the molecule is Cc1cc(OCCCS(C)(=O)=O)cc2c1-c1cc(COc3cccc(OC(=O)C4CC4)c3)ccc1CC2. The predicted octanol–water partition coefficient (Wildman–Crippen LogP) is 5.47. The van der Waals surface area contributed by atoms with Gasteiger partial charge in [0, 0.05) is 12.3 Å². The summed E-state index contributed by atoms with van der Waals surface area (Å²) < 4.78 is 40.1. The van der Waals surface area contributed by atoms with E-state index in [4.69, 9.17) is 14.2 Å². The Hall–Kier alpha value is -3.32. The lowest BCUT2D eigenvalue weighted by Crippen LogP contribution is -2.10. The third-order valence-corrected chi connectivity index (χ3v) is 7.80. The smallest absolute Gasteiger partial charge is 0.314 e. The highest BCUT2D eigenvalue weighted by atomic mass is 32.2. The molecule has 0 heterocycles. The fraction of sp³-hybridized carbons (Fsp3) is 0.367. The second-order valence-corrected chi connectivity index (χ2v) is 12.3. The van der Waals surface area contributed by atoms with Crippen LogP contribution in [-0.2, 0) is 34.1 Å². The monoisotopic (exact) mass is 520 g/mol. The van der Waals surface area contributed by atoms with E-state index < -0.39 is 9.84 Å². The summed E-state index contributed by atoms with van der Waals surface area (Å²) >= 11 is 0. The van der Waals surface area contributed by atoms with Crippen molar-refractivity contribution in [3.63, 3.8) is 0 Å². The fourth-order valence-corrected chi connectivity index (χ4v) is 5.39. The van der Waals surface area contributed by atoms with Gasteiger partial charge >= 0.3 is 5.97 Å². The van der Waals surface area contributed by atoms with Crippen molar-refractivity contribution in [2.24, 2.45) is 5.92 Å². The first-order chi connectivity index (χ1) is 17.7. The summed E-state index contributed by atoms with van der Waals surface area (Å²) in [7, 11) is -2.98. The Balaban J connectivity index is 1.27. The van der Waals surface area contributed by atoms with E-state index >= 15 is 0 Å². The number of hydrogen-bond donors (Lipinski definition) is 0. The van der Waals surface area contributed by atoms with Gasteiger partial charge in [-0.3, -0.25) is 4.79 Å². The Morgan fingerprint density at radius 3 is 2.49 bits per heavy atom. The molecule has 3 aromatic rings. The summed E-state index contributed by atoms with van der Waals surface area (Å²) in [4.78, 5) is 12.0. The summed E-state index contributed by atoms with van der Waals surface area (Å²) in [5.41, 5.74) is 7.22. The molecule has 0 unspecified atom stereocenters. The lowest BCUT2D eigenvalue weighted by molar-refractivity contribution is -0.135. The number of carbonyl (C=O) groups is 1. The topological polar surface area (TPSA) is 78.9 Å². The summed E-state index contributed by atoms with van der Waals surface area (Å²) in [6.45, 7) is 2.88. The fourth-order valence-electron chi connectivity index (χ4n) is 4.75. The van der Waals surface area contributed by atoms with Crippen LogP contribution in [0.5, 0.6) is 17.2 Å². The maximum Gasteiger partial charge on any atom is 0.314 e. The maximum atomic E-state index is 12.0. The number of sulfone groups is 1. The molecule has 0 radical (unpaired) electrons. The standard InChI is InChI=1S/C30H32O6S/c1-20-15-27(34-13-4-14-37(2,32)33)17-24-12-9-22-8-7-21(16-28(22)29(20)24)19-35-25-5-3-6-26(18-25)36-30(31)23-10-11-23/h3,5-8,15-18,23H,4,9-14,19H2,1-2H3. The molecular formula is C30H32O6S. The molecule has 194 valence electrons. The summed E-state index contributed by atoms with van der Waals surface area (Å²) in [5.74, 6) is 1.98. The maximum absolute atomic E-state index is 12.0. The Bertz CT molecular complexity index is 1420. The van der Waals surface area contributed by atoms with Crippen molar-refractivity contribution >= 4 is 15.8 Å². The van der Waals surface area contributed by atoms with E-state index in [1.165, 1.54) is 28.5 Å². The van der Waals surface area contributed by atoms with Gasteiger partial charge in [0.15, 0.2) is 0 Å². The summed E-state index contributed by atoms with van der Waals surface area (Å²) in [6.07, 6.45) is 5.44. The third kappa shape index (κ3) is 6.52. The van der Waals surface area contributed by atoms with Gasteiger partial charge in [0.05, 0.1) is 18.3 Å².